The molecule has 3 rings (SSSR count). The molecule has 0 radical (unpaired) electrons. The molecule has 2 fully saturated rings. The van der Waals surface area contributed by atoms with Crippen molar-refractivity contribution in [1.82, 2.24) is 4.90 Å². The Morgan fingerprint density at radius 2 is 1.95 bits per heavy atom. The second-order valence-corrected chi connectivity index (χ2v) is 5.94. The van der Waals surface area contributed by atoms with Crippen molar-refractivity contribution in [2.75, 3.05) is 26.3 Å². The topological polar surface area (TPSA) is 12.5 Å². The van der Waals surface area contributed by atoms with Crippen LogP contribution in [0.15, 0.2) is 28.2 Å². The molecule has 102 valence electrons. The Morgan fingerprint density at radius 1 is 1.21 bits per heavy atom. The maximum absolute atomic E-state index is 14.3. The lowest BCUT2D eigenvalue weighted by Crippen LogP contribution is -2.36. The summed E-state index contributed by atoms with van der Waals surface area (Å²) in [4.78, 5) is 2.28. The van der Waals surface area contributed by atoms with E-state index >= 15 is 0 Å². The first-order valence-electron chi connectivity index (χ1n) is 6.76. The maximum Gasteiger partial charge on any atom is 0.133 e. The number of benzene rings is 1. The number of hydrogen-bond acceptors (Lipinski definition) is 2. The third-order valence-electron chi connectivity index (χ3n) is 3.81. The summed E-state index contributed by atoms with van der Waals surface area (Å²) in [6.07, 6.45) is 3.42. The van der Waals surface area contributed by atoms with Crippen LogP contribution in [0.25, 0.3) is 5.70 Å². The second kappa shape index (κ2) is 5.63. The number of nitrogens with zero attached hydrogens (tertiary/aromatic N) is 1. The minimum Gasteiger partial charge on any atom is -0.378 e. The highest BCUT2D eigenvalue weighted by molar-refractivity contribution is 9.10. The molecule has 4 heteroatoms. The Balaban J connectivity index is 1.99. The van der Waals surface area contributed by atoms with Gasteiger partial charge in [-0.3, -0.25) is 0 Å². The fourth-order valence-electron chi connectivity index (χ4n) is 2.64. The van der Waals surface area contributed by atoms with Crippen LogP contribution in [-0.4, -0.2) is 31.2 Å². The van der Waals surface area contributed by atoms with Gasteiger partial charge in [-0.2, -0.15) is 0 Å². The monoisotopic (exact) mass is 325 g/mol. The molecule has 1 saturated carbocycles. The van der Waals surface area contributed by atoms with E-state index < -0.39 is 0 Å². The number of ether oxygens (including phenoxy) is 1. The molecule has 1 aliphatic heterocycles. The Labute approximate surface area is 121 Å². The average molecular weight is 326 g/mol. The van der Waals surface area contributed by atoms with E-state index in [2.05, 4.69) is 20.8 Å². The molecule has 1 heterocycles. The Morgan fingerprint density at radius 3 is 2.53 bits per heavy atom. The zero-order valence-electron chi connectivity index (χ0n) is 10.8. The van der Waals surface area contributed by atoms with Crippen LogP contribution >= 0.6 is 15.9 Å². The lowest BCUT2D eigenvalue weighted by molar-refractivity contribution is 0.0633. The van der Waals surface area contributed by atoms with E-state index in [1.165, 1.54) is 12.0 Å². The molecular weight excluding hydrogens is 309 g/mol. The van der Waals surface area contributed by atoms with Gasteiger partial charge in [-0.1, -0.05) is 15.9 Å². The number of allylic oxidation sites excluding steroid dienone is 1. The Kier molecular flexibility index (Phi) is 3.89. The molecule has 2 nitrogen and oxygen atoms in total. The second-order valence-electron chi connectivity index (χ2n) is 5.03. The molecular formula is C15H17BrFNO. The van der Waals surface area contributed by atoms with E-state index in [9.17, 15) is 4.39 Å². The summed E-state index contributed by atoms with van der Waals surface area (Å²) in [5.41, 5.74) is 3.24. The molecule has 0 atom stereocenters. The van der Waals surface area contributed by atoms with Crippen LogP contribution in [0.3, 0.4) is 0 Å². The summed E-state index contributed by atoms with van der Waals surface area (Å²) in [6.45, 7) is 3.17. The van der Waals surface area contributed by atoms with Gasteiger partial charge in [-0.15, -0.1) is 0 Å². The van der Waals surface area contributed by atoms with Crippen molar-refractivity contribution < 1.29 is 9.13 Å². The van der Waals surface area contributed by atoms with Gasteiger partial charge in [0.15, 0.2) is 0 Å². The summed E-state index contributed by atoms with van der Waals surface area (Å²) in [5, 5.41) is 0. The highest BCUT2D eigenvalue weighted by Gasteiger charge is 2.24. The first-order chi connectivity index (χ1) is 9.25. The van der Waals surface area contributed by atoms with E-state index in [1.54, 1.807) is 6.07 Å². The highest BCUT2D eigenvalue weighted by Crippen LogP contribution is 2.37. The van der Waals surface area contributed by atoms with E-state index in [0.717, 1.165) is 54.9 Å². The van der Waals surface area contributed by atoms with Crippen molar-refractivity contribution in [2.24, 2.45) is 0 Å². The summed E-state index contributed by atoms with van der Waals surface area (Å²) in [7, 11) is 0. The van der Waals surface area contributed by atoms with Gasteiger partial charge in [0.25, 0.3) is 0 Å². The van der Waals surface area contributed by atoms with E-state index in [-0.39, 0.29) is 5.82 Å². The molecule has 0 unspecified atom stereocenters. The van der Waals surface area contributed by atoms with Crippen LogP contribution in [0.1, 0.15) is 24.8 Å². The molecule has 0 bridgehead atoms. The van der Waals surface area contributed by atoms with Gasteiger partial charge in [0.1, 0.15) is 5.82 Å². The molecule has 1 aromatic carbocycles. The van der Waals surface area contributed by atoms with E-state index in [1.807, 2.05) is 12.1 Å². The van der Waals surface area contributed by atoms with Crippen molar-refractivity contribution in [3.05, 3.63) is 39.6 Å². The zero-order chi connectivity index (χ0) is 13.2. The zero-order valence-corrected chi connectivity index (χ0v) is 12.4. The molecule has 1 aliphatic carbocycles. The third kappa shape index (κ3) is 2.70. The van der Waals surface area contributed by atoms with Crippen molar-refractivity contribution in [2.45, 2.75) is 19.3 Å². The van der Waals surface area contributed by atoms with Crippen LogP contribution in [0.4, 0.5) is 4.39 Å². The number of hydrogen-bond donors (Lipinski definition) is 0. The average Bonchev–Trinajstić information content (AvgIpc) is 2.35. The number of morpholine rings is 1. The van der Waals surface area contributed by atoms with Crippen molar-refractivity contribution >= 4 is 21.6 Å². The maximum atomic E-state index is 14.3. The van der Waals surface area contributed by atoms with Gasteiger partial charge in [-0.05, 0) is 43.0 Å². The smallest absolute Gasteiger partial charge is 0.133 e. The first kappa shape index (κ1) is 13.1. The highest BCUT2D eigenvalue weighted by atomic mass is 79.9. The minimum absolute atomic E-state index is 0.143. The number of halogens is 2. The van der Waals surface area contributed by atoms with Gasteiger partial charge < -0.3 is 9.64 Å². The van der Waals surface area contributed by atoms with Crippen molar-refractivity contribution in [3.8, 4) is 0 Å². The van der Waals surface area contributed by atoms with Gasteiger partial charge in [0, 0.05) is 28.8 Å². The molecule has 0 spiro atoms. The summed E-state index contributed by atoms with van der Waals surface area (Å²) in [5.74, 6) is -0.143. The minimum atomic E-state index is -0.143. The summed E-state index contributed by atoms with van der Waals surface area (Å²) in [6, 6.07) is 5.35. The van der Waals surface area contributed by atoms with Crippen LogP contribution in [0.2, 0.25) is 0 Å². The molecule has 0 aromatic heterocycles. The normalized spacial score (nSPS) is 19.3. The van der Waals surface area contributed by atoms with Crippen LogP contribution in [-0.2, 0) is 4.74 Å². The van der Waals surface area contributed by atoms with Gasteiger partial charge >= 0.3 is 0 Å². The number of rotatable bonds is 2. The molecule has 0 N–H and O–H groups in total. The van der Waals surface area contributed by atoms with Crippen LogP contribution in [0.5, 0.6) is 0 Å². The SMILES string of the molecule is Fc1cc(Br)ccc1C(=C1CCC1)N1CCOCC1. The predicted molar refractivity (Wildman–Crippen MR) is 77.3 cm³/mol. The molecule has 0 amide bonds. The Bertz CT molecular complexity index is 503. The molecule has 19 heavy (non-hydrogen) atoms. The van der Waals surface area contributed by atoms with Crippen LogP contribution in [0, 0.1) is 5.82 Å². The van der Waals surface area contributed by atoms with Gasteiger partial charge in [0.05, 0.1) is 13.2 Å². The predicted octanol–water partition coefficient (Wildman–Crippen LogP) is 3.82. The lowest BCUT2D eigenvalue weighted by atomic mass is 9.87. The lowest BCUT2D eigenvalue weighted by Gasteiger charge is -2.35. The first-order valence-corrected chi connectivity index (χ1v) is 7.55. The van der Waals surface area contributed by atoms with E-state index in [0.29, 0.717) is 0 Å². The fraction of sp³-hybridized carbons (Fsp3) is 0.467. The molecule has 1 aromatic rings. The van der Waals surface area contributed by atoms with E-state index in [4.69, 9.17) is 4.74 Å². The third-order valence-corrected chi connectivity index (χ3v) is 4.30. The summed E-state index contributed by atoms with van der Waals surface area (Å²) >= 11 is 3.32. The molecule has 1 saturated heterocycles. The fourth-order valence-corrected chi connectivity index (χ4v) is 2.98. The van der Waals surface area contributed by atoms with Crippen molar-refractivity contribution in [3.63, 3.8) is 0 Å². The van der Waals surface area contributed by atoms with Crippen molar-refractivity contribution in [1.29, 1.82) is 0 Å². The quantitative estimate of drug-likeness (QED) is 0.819. The summed E-state index contributed by atoms with van der Waals surface area (Å²) < 4.78 is 20.4. The molecule has 2 aliphatic rings. The van der Waals surface area contributed by atoms with Gasteiger partial charge in [-0.25, -0.2) is 4.39 Å². The van der Waals surface area contributed by atoms with Crippen LogP contribution < -0.4 is 0 Å². The standard InChI is InChI=1S/C15H17BrFNO/c16-12-4-5-13(14(17)10-12)15(11-2-1-3-11)18-6-8-19-9-7-18/h4-5,10H,1-3,6-9H2. The van der Waals surface area contributed by atoms with Gasteiger partial charge in [0.2, 0.25) is 0 Å². The largest absolute Gasteiger partial charge is 0.378 e. The Hall–Kier alpha value is -0.870.